The van der Waals surface area contributed by atoms with Gasteiger partial charge in [0.1, 0.15) is 0 Å². The van der Waals surface area contributed by atoms with Crippen LogP contribution in [0.25, 0.3) is 11.1 Å². The molecule has 0 spiro atoms. The molecule has 0 fully saturated rings. The Kier molecular flexibility index (Phi) is 6.37. The lowest BCUT2D eigenvalue weighted by molar-refractivity contribution is 0.0978. The maximum absolute atomic E-state index is 12.1. The third kappa shape index (κ3) is 4.66. The molecule has 2 aromatic carbocycles. The van der Waals surface area contributed by atoms with Gasteiger partial charge in [-0.15, -0.1) is 0 Å². The van der Waals surface area contributed by atoms with Crippen molar-refractivity contribution >= 4 is 17.4 Å². The third-order valence-electron chi connectivity index (χ3n) is 4.16. The summed E-state index contributed by atoms with van der Waals surface area (Å²) >= 11 is 6.35. The van der Waals surface area contributed by atoms with Gasteiger partial charge in [-0.3, -0.25) is 4.79 Å². The molecule has 0 aliphatic heterocycles. The van der Waals surface area contributed by atoms with Crippen LogP contribution < -0.4 is 0 Å². The van der Waals surface area contributed by atoms with Crippen molar-refractivity contribution < 1.29 is 9.90 Å². The molecule has 2 rings (SSSR count). The lowest BCUT2D eigenvalue weighted by atomic mass is 9.98. The molecular weight excluding hydrogens is 308 g/mol. The van der Waals surface area contributed by atoms with Gasteiger partial charge in [-0.25, -0.2) is 0 Å². The lowest BCUT2D eigenvalue weighted by Gasteiger charge is -2.09. The minimum Gasteiger partial charge on any atom is -0.396 e. The maximum atomic E-state index is 12.1. The first-order chi connectivity index (χ1) is 11.0. The lowest BCUT2D eigenvalue weighted by Crippen LogP contribution is -1.99. The number of rotatable bonds is 7. The van der Waals surface area contributed by atoms with Crippen LogP contribution in [0, 0.1) is 13.8 Å². The number of carbonyl (C=O) groups excluding carboxylic acids is 1. The van der Waals surface area contributed by atoms with Gasteiger partial charge in [0.15, 0.2) is 5.78 Å². The van der Waals surface area contributed by atoms with E-state index in [2.05, 4.69) is 13.0 Å². The van der Waals surface area contributed by atoms with Crippen molar-refractivity contribution in [2.24, 2.45) is 0 Å². The van der Waals surface area contributed by atoms with Crippen molar-refractivity contribution in [1.82, 2.24) is 0 Å². The molecule has 0 aliphatic rings. The smallest absolute Gasteiger partial charge is 0.162 e. The second kappa shape index (κ2) is 8.28. The average Bonchev–Trinajstić information content (AvgIpc) is 2.55. The summed E-state index contributed by atoms with van der Waals surface area (Å²) in [5, 5.41) is 9.48. The Morgan fingerprint density at radius 3 is 2.30 bits per heavy atom. The minimum absolute atomic E-state index is 0.153. The Bertz CT molecular complexity index is 675. The topological polar surface area (TPSA) is 37.3 Å². The quantitative estimate of drug-likeness (QED) is 0.548. The number of hydrogen-bond acceptors (Lipinski definition) is 2. The standard InChI is InChI=1S/C20H23ClO2/c1-14-12-18(19(21)13-15(14)2)16-7-9-17(10-8-16)20(23)6-4-3-5-11-22/h7-10,12-13,22H,3-6,11H2,1-2H3. The molecule has 0 saturated carbocycles. The zero-order valence-corrected chi connectivity index (χ0v) is 14.5. The molecule has 2 aromatic rings. The molecule has 0 aliphatic carbocycles. The number of ketones is 1. The number of carbonyl (C=O) groups is 1. The van der Waals surface area contributed by atoms with Gasteiger partial charge in [0, 0.05) is 29.2 Å². The first kappa shape index (κ1) is 17.7. The summed E-state index contributed by atoms with van der Waals surface area (Å²) in [5.41, 5.74) is 5.13. The minimum atomic E-state index is 0.153. The summed E-state index contributed by atoms with van der Waals surface area (Å²) < 4.78 is 0. The Balaban J connectivity index is 2.10. The van der Waals surface area contributed by atoms with Gasteiger partial charge in [0.25, 0.3) is 0 Å². The molecule has 23 heavy (non-hydrogen) atoms. The van der Waals surface area contributed by atoms with Gasteiger partial charge in [0.2, 0.25) is 0 Å². The second-order valence-corrected chi connectivity index (χ2v) is 6.36. The molecule has 2 nitrogen and oxygen atoms in total. The monoisotopic (exact) mass is 330 g/mol. The van der Waals surface area contributed by atoms with Crippen molar-refractivity contribution in [2.45, 2.75) is 39.5 Å². The predicted molar refractivity (Wildman–Crippen MR) is 96.2 cm³/mol. The highest BCUT2D eigenvalue weighted by Crippen LogP contribution is 2.30. The molecule has 0 unspecified atom stereocenters. The van der Waals surface area contributed by atoms with Crippen molar-refractivity contribution in [2.75, 3.05) is 6.61 Å². The van der Waals surface area contributed by atoms with E-state index >= 15 is 0 Å². The summed E-state index contributed by atoms with van der Waals surface area (Å²) in [7, 11) is 0. The SMILES string of the molecule is Cc1cc(Cl)c(-c2ccc(C(=O)CCCCCO)cc2)cc1C. The van der Waals surface area contributed by atoms with E-state index in [1.165, 1.54) is 11.1 Å². The number of unbranched alkanes of at least 4 members (excludes halogenated alkanes) is 2. The van der Waals surface area contributed by atoms with E-state index in [0.717, 1.165) is 41.0 Å². The maximum Gasteiger partial charge on any atom is 0.162 e. The highest BCUT2D eigenvalue weighted by molar-refractivity contribution is 6.33. The molecule has 0 heterocycles. The average molecular weight is 331 g/mol. The molecule has 0 amide bonds. The van der Waals surface area contributed by atoms with Gasteiger partial charge in [-0.05, 0) is 55.5 Å². The zero-order chi connectivity index (χ0) is 16.8. The zero-order valence-electron chi connectivity index (χ0n) is 13.7. The number of aryl methyl sites for hydroxylation is 2. The van der Waals surface area contributed by atoms with Crippen molar-refractivity contribution in [3.05, 3.63) is 58.1 Å². The fraction of sp³-hybridized carbons (Fsp3) is 0.350. The van der Waals surface area contributed by atoms with Crippen LogP contribution in [0.2, 0.25) is 5.02 Å². The van der Waals surface area contributed by atoms with E-state index in [1.807, 2.05) is 37.3 Å². The first-order valence-electron chi connectivity index (χ1n) is 8.04. The van der Waals surface area contributed by atoms with Crippen LogP contribution in [0.5, 0.6) is 0 Å². The van der Waals surface area contributed by atoms with Crippen LogP contribution in [0.1, 0.15) is 47.2 Å². The van der Waals surface area contributed by atoms with E-state index in [-0.39, 0.29) is 12.4 Å². The molecule has 0 atom stereocenters. The summed E-state index contributed by atoms with van der Waals surface area (Å²) in [6.45, 7) is 4.31. The van der Waals surface area contributed by atoms with Crippen molar-refractivity contribution in [1.29, 1.82) is 0 Å². The fourth-order valence-electron chi connectivity index (χ4n) is 2.56. The van der Waals surface area contributed by atoms with Gasteiger partial charge in [-0.2, -0.15) is 0 Å². The number of hydrogen-bond donors (Lipinski definition) is 1. The van der Waals surface area contributed by atoms with Crippen molar-refractivity contribution in [3.8, 4) is 11.1 Å². The predicted octanol–water partition coefficient (Wildman–Crippen LogP) is 5.36. The summed E-state index contributed by atoms with van der Waals surface area (Å²) in [6, 6.07) is 11.7. The fourth-order valence-corrected chi connectivity index (χ4v) is 2.88. The molecule has 1 N–H and O–H groups in total. The largest absolute Gasteiger partial charge is 0.396 e. The molecule has 0 bridgehead atoms. The van der Waals surface area contributed by atoms with Gasteiger partial charge >= 0.3 is 0 Å². The van der Waals surface area contributed by atoms with E-state index in [4.69, 9.17) is 16.7 Å². The van der Waals surface area contributed by atoms with Crippen molar-refractivity contribution in [3.63, 3.8) is 0 Å². The molecule has 0 saturated heterocycles. The van der Waals surface area contributed by atoms with Crippen LogP contribution in [-0.2, 0) is 0 Å². The van der Waals surface area contributed by atoms with E-state index in [0.29, 0.717) is 6.42 Å². The van der Waals surface area contributed by atoms with E-state index < -0.39 is 0 Å². The van der Waals surface area contributed by atoms with Gasteiger partial charge in [0.05, 0.1) is 0 Å². The summed E-state index contributed by atoms with van der Waals surface area (Å²) in [4.78, 5) is 12.1. The van der Waals surface area contributed by atoms with E-state index in [9.17, 15) is 4.79 Å². The third-order valence-corrected chi connectivity index (χ3v) is 4.48. The number of halogens is 1. The Morgan fingerprint density at radius 1 is 1.00 bits per heavy atom. The first-order valence-corrected chi connectivity index (χ1v) is 8.42. The highest BCUT2D eigenvalue weighted by Gasteiger charge is 2.09. The molecule has 0 radical (unpaired) electrons. The second-order valence-electron chi connectivity index (χ2n) is 5.95. The number of aliphatic hydroxyl groups excluding tert-OH is 1. The van der Waals surface area contributed by atoms with Gasteiger partial charge < -0.3 is 5.11 Å². The normalized spacial score (nSPS) is 10.8. The van der Waals surface area contributed by atoms with Gasteiger partial charge in [-0.1, -0.05) is 42.3 Å². The molecule has 0 aromatic heterocycles. The highest BCUT2D eigenvalue weighted by atomic mass is 35.5. The summed E-state index contributed by atoms with van der Waals surface area (Å²) in [5.74, 6) is 0.153. The molecule has 122 valence electrons. The Morgan fingerprint density at radius 2 is 1.65 bits per heavy atom. The number of Topliss-reactive ketones (excluding diaryl/α,β-unsaturated/α-hetero) is 1. The van der Waals surface area contributed by atoms with Crippen LogP contribution in [-0.4, -0.2) is 17.5 Å². The Labute approximate surface area is 143 Å². The van der Waals surface area contributed by atoms with Crippen LogP contribution >= 0.6 is 11.6 Å². The summed E-state index contributed by atoms with van der Waals surface area (Å²) in [6.07, 6.45) is 3.00. The van der Waals surface area contributed by atoms with Crippen LogP contribution in [0.4, 0.5) is 0 Å². The number of benzene rings is 2. The molecule has 3 heteroatoms. The molecular formula is C20H23ClO2. The number of aliphatic hydroxyl groups is 1. The Hall–Kier alpha value is -1.64. The van der Waals surface area contributed by atoms with Crippen LogP contribution in [0.15, 0.2) is 36.4 Å². The van der Waals surface area contributed by atoms with E-state index in [1.54, 1.807) is 0 Å². The van der Waals surface area contributed by atoms with Crippen LogP contribution in [0.3, 0.4) is 0 Å².